The molecule has 0 aromatic heterocycles. The van der Waals surface area contributed by atoms with Gasteiger partial charge in [0, 0.05) is 11.1 Å². The number of ketones is 2. The lowest BCUT2D eigenvalue weighted by atomic mass is 9.93. The van der Waals surface area contributed by atoms with Crippen LogP contribution in [-0.4, -0.2) is 16.7 Å². The van der Waals surface area contributed by atoms with E-state index in [4.69, 9.17) is 0 Å². The summed E-state index contributed by atoms with van der Waals surface area (Å²) in [6.45, 7) is 1.76. The summed E-state index contributed by atoms with van der Waals surface area (Å²) in [4.78, 5) is 22.5. The third-order valence-corrected chi connectivity index (χ3v) is 2.17. The highest BCUT2D eigenvalue weighted by Crippen LogP contribution is 2.27. The monoisotopic (exact) mass is 188 g/mol. The number of hydrogen-bond donors (Lipinski definition) is 1. The molecule has 0 fully saturated rings. The van der Waals surface area contributed by atoms with Gasteiger partial charge in [0.15, 0.2) is 0 Å². The van der Waals surface area contributed by atoms with Gasteiger partial charge in [0.25, 0.3) is 0 Å². The number of allylic oxidation sites excluding steroid dienone is 1. The first kappa shape index (κ1) is 8.69. The second-order valence-corrected chi connectivity index (χ2v) is 3.27. The summed E-state index contributed by atoms with van der Waals surface area (Å²) in [7, 11) is 0. The molecule has 1 aromatic rings. The van der Waals surface area contributed by atoms with Crippen LogP contribution < -0.4 is 0 Å². The molecule has 0 unspecified atom stereocenters. The van der Waals surface area contributed by atoms with Gasteiger partial charge in [-0.3, -0.25) is 9.59 Å². The summed E-state index contributed by atoms with van der Waals surface area (Å²) in [5.41, 5.74) is 1.48. The van der Waals surface area contributed by atoms with Crippen LogP contribution in [0.25, 0.3) is 6.08 Å². The number of rotatable bonds is 0. The maximum atomic E-state index is 11.4. The Labute approximate surface area is 80.7 Å². The van der Waals surface area contributed by atoms with Crippen LogP contribution in [0.1, 0.15) is 21.5 Å². The zero-order valence-corrected chi connectivity index (χ0v) is 7.57. The van der Waals surface area contributed by atoms with Crippen LogP contribution in [0.4, 0.5) is 0 Å². The number of Topliss-reactive ketones (excluding diaryl/α,β-unsaturated/α-hetero) is 1. The van der Waals surface area contributed by atoms with Gasteiger partial charge in [0.1, 0.15) is 5.75 Å². The van der Waals surface area contributed by atoms with Crippen molar-refractivity contribution < 1.29 is 14.7 Å². The maximum absolute atomic E-state index is 11.4. The predicted octanol–water partition coefficient (Wildman–Crippen LogP) is 1.48. The largest absolute Gasteiger partial charge is 0.507 e. The Morgan fingerprint density at radius 2 is 1.86 bits per heavy atom. The van der Waals surface area contributed by atoms with Crippen molar-refractivity contribution in [2.45, 2.75) is 6.92 Å². The number of phenols is 1. The van der Waals surface area contributed by atoms with E-state index in [1.54, 1.807) is 19.1 Å². The summed E-state index contributed by atoms with van der Waals surface area (Å²) in [6, 6.07) is 3.17. The third-order valence-electron chi connectivity index (χ3n) is 2.17. The minimum atomic E-state index is -0.554. The highest BCUT2D eigenvalue weighted by atomic mass is 16.3. The highest BCUT2D eigenvalue weighted by Gasteiger charge is 2.22. The molecular formula is C11H8O3. The van der Waals surface area contributed by atoms with Crippen LogP contribution in [0.3, 0.4) is 0 Å². The zero-order chi connectivity index (χ0) is 10.3. The Morgan fingerprint density at radius 3 is 2.57 bits per heavy atom. The molecule has 0 heterocycles. The minimum Gasteiger partial charge on any atom is -0.507 e. The Hall–Kier alpha value is -1.90. The number of phenolic OH excluding ortho intramolecular Hbond substituents is 1. The summed E-state index contributed by atoms with van der Waals surface area (Å²) >= 11 is 0. The van der Waals surface area contributed by atoms with E-state index in [1.165, 1.54) is 12.2 Å². The Kier molecular flexibility index (Phi) is 1.74. The predicted molar refractivity (Wildman–Crippen MR) is 51.2 cm³/mol. The lowest BCUT2D eigenvalue weighted by Crippen LogP contribution is -2.16. The van der Waals surface area contributed by atoms with Gasteiger partial charge in [-0.2, -0.15) is 0 Å². The number of aromatic hydroxyl groups is 1. The SMILES string of the molecule is Cc1cc(O)c2c(c1)C(=O)C(=O)C=C2. The van der Waals surface area contributed by atoms with Crippen LogP contribution in [-0.2, 0) is 4.79 Å². The molecule has 3 heteroatoms. The van der Waals surface area contributed by atoms with Gasteiger partial charge in [-0.15, -0.1) is 0 Å². The molecule has 3 nitrogen and oxygen atoms in total. The fraction of sp³-hybridized carbons (Fsp3) is 0.0909. The van der Waals surface area contributed by atoms with E-state index in [0.717, 1.165) is 5.56 Å². The Bertz CT molecular complexity index is 470. The first-order valence-corrected chi connectivity index (χ1v) is 4.20. The molecule has 2 rings (SSSR count). The van der Waals surface area contributed by atoms with Crippen molar-refractivity contribution in [2.24, 2.45) is 0 Å². The van der Waals surface area contributed by atoms with E-state index in [9.17, 15) is 14.7 Å². The molecular weight excluding hydrogens is 180 g/mol. The topological polar surface area (TPSA) is 54.4 Å². The van der Waals surface area contributed by atoms with Crippen LogP contribution >= 0.6 is 0 Å². The number of hydrogen-bond acceptors (Lipinski definition) is 3. The van der Waals surface area contributed by atoms with Crippen molar-refractivity contribution in [1.82, 2.24) is 0 Å². The highest BCUT2D eigenvalue weighted by molar-refractivity contribution is 6.50. The fourth-order valence-corrected chi connectivity index (χ4v) is 1.51. The molecule has 0 aliphatic heterocycles. The smallest absolute Gasteiger partial charge is 0.233 e. The van der Waals surface area contributed by atoms with Crippen molar-refractivity contribution in [3.8, 4) is 5.75 Å². The van der Waals surface area contributed by atoms with E-state index in [1.807, 2.05) is 0 Å². The van der Waals surface area contributed by atoms with Crippen LogP contribution in [0.5, 0.6) is 5.75 Å². The average molecular weight is 188 g/mol. The number of fused-ring (bicyclic) bond motifs is 1. The molecule has 0 saturated carbocycles. The van der Waals surface area contributed by atoms with Gasteiger partial charge in [-0.25, -0.2) is 0 Å². The van der Waals surface area contributed by atoms with E-state index in [-0.39, 0.29) is 11.3 Å². The first-order chi connectivity index (χ1) is 6.59. The first-order valence-electron chi connectivity index (χ1n) is 4.20. The Morgan fingerprint density at radius 1 is 1.14 bits per heavy atom. The van der Waals surface area contributed by atoms with Crippen molar-refractivity contribution in [3.63, 3.8) is 0 Å². The fourth-order valence-electron chi connectivity index (χ4n) is 1.51. The number of carbonyl (C=O) groups excluding carboxylic acids is 2. The number of aryl methyl sites for hydroxylation is 1. The van der Waals surface area contributed by atoms with E-state index >= 15 is 0 Å². The average Bonchev–Trinajstić information content (AvgIpc) is 2.12. The molecule has 70 valence electrons. The van der Waals surface area contributed by atoms with Crippen LogP contribution in [0.2, 0.25) is 0 Å². The van der Waals surface area contributed by atoms with Crippen LogP contribution in [0.15, 0.2) is 18.2 Å². The molecule has 1 aliphatic carbocycles. The molecule has 0 radical (unpaired) electrons. The summed E-state index contributed by atoms with van der Waals surface area (Å²) in [6.07, 6.45) is 2.65. The molecule has 0 bridgehead atoms. The van der Waals surface area contributed by atoms with E-state index in [0.29, 0.717) is 5.56 Å². The van der Waals surface area contributed by atoms with Gasteiger partial charge in [0.2, 0.25) is 11.6 Å². The Balaban J connectivity index is 2.74. The number of benzene rings is 1. The molecule has 14 heavy (non-hydrogen) atoms. The molecule has 0 saturated heterocycles. The maximum Gasteiger partial charge on any atom is 0.233 e. The molecule has 1 N–H and O–H groups in total. The van der Waals surface area contributed by atoms with Crippen molar-refractivity contribution in [2.75, 3.05) is 0 Å². The number of carbonyl (C=O) groups is 2. The zero-order valence-electron chi connectivity index (χ0n) is 7.57. The van der Waals surface area contributed by atoms with Gasteiger partial charge in [0.05, 0.1) is 0 Å². The normalized spacial score (nSPS) is 14.4. The summed E-state index contributed by atoms with van der Waals surface area (Å²) in [5, 5.41) is 9.53. The molecule has 1 aliphatic rings. The van der Waals surface area contributed by atoms with Gasteiger partial charge < -0.3 is 5.11 Å². The minimum absolute atomic E-state index is 0.0390. The molecule has 0 atom stereocenters. The molecule has 0 amide bonds. The van der Waals surface area contributed by atoms with Crippen molar-refractivity contribution >= 4 is 17.6 Å². The second kappa shape index (κ2) is 2.80. The summed E-state index contributed by atoms with van der Waals surface area (Å²) < 4.78 is 0. The van der Waals surface area contributed by atoms with Crippen molar-refractivity contribution in [1.29, 1.82) is 0 Å². The quantitative estimate of drug-likeness (QED) is 0.627. The van der Waals surface area contributed by atoms with Crippen LogP contribution in [0, 0.1) is 6.92 Å². The van der Waals surface area contributed by atoms with Crippen molar-refractivity contribution in [3.05, 3.63) is 34.9 Å². The van der Waals surface area contributed by atoms with Gasteiger partial charge in [-0.1, -0.05) is 0 Å². The summed E-state index contributed by atoms with van der Waals surface area (Å²) in [5.74, 6) is -1.05. The van der Waals surface area contributed by atoms with E-state index in [2.05, 4.69) is 0 Å². The molecule has 0 spiro atoms. The molecule has 1 aromatic carbocycles. The van der Waals surface area contributed by atoms with E-state index < -0.39 is 11.6 Å². The lowest BCUT2D eigenvalue weighted by molar-refractivity contribution is -0.110. The second-order valence-electron chi connectivity index (χ2n) is 3.27. The van der Waals surface area contributed by atoms with Gasteiger partial charge in [-0.05, 0) is 36.8 Å². The lowest BCUT2D eigenvalue weighted by Gasteiger charge is -2.10. The third kappa shape index (κ3) is 1.14. The van der Waals surface area contributed by atoms with Gasteiger partial charge >= 0.3 is 0 Å². The standard InChI is InChI=1S/C11H8O3/c1-6-4-8-7(10(13)5-6)2-3-9(12)11(8)14/h2-5,13H,1H3.